The Hall–Kier alpha value is -1.80. The standard InChI is InChI=1S/C16H18O2/c1-13-6-5-7-14(10-13)11-15(17)12-18-16-8-3-2-4-9-16/h2-10,15,17H,11-12H2,1H3. The zero-order valence-electron chi connectivity index (χ0n) is 10.5. The van der Waals surface area contributed by atoms with Crippen LogP contribution in [0.4, 0.5) is 0 Å². The average molecular weight is 242 g/mol. The summed E-state index contributed by atoms with van der Waals surface area (Å²) < 4.78 is 5.52. The summed E-state index contributed by atoms with van der Waals surface area (Å²) in [6.45, 7) is 2.37. The van der Waals surface area contributed by atoms with Gasteiger partial charge in [0.2, 0.25) is 0 Å². The van der Waals surface area contributed by atoms with Gasteiger partial charge in [0, 0.05) is 6.42 Å². The number of ether oxygens (including phenoxy) is 1. The predicted molar refractivity (Wildman–Crippen MR) is 72.8 cm³/mol. The molecule has 0 aliphatic rings. The van der Waals surface area contributed by atoms with Gasteiger partial charge < -0.3 is 9.84 Å². The van der Waals surface area contributed by atoms with Gasteiger partial charge >= 0.3 is 0 Å². The monoisotopic (exact) mass is 242 g/mol. The third-order valence-corrected chi connectivity index (χ3v) is 2.74. The number of hydrogen-bond donors (Lipinski definition) is 1. The molecule has 0 spiro atoms. The normalized spacial score (nSPS) is 12.1. The van der Waals surface area contributed by atoms with Crippen molar-refractivity contribution >= 4 is 0 Å². The highest BCUT2D eigenvalue weighted by Gasteiger charge is 2.06. The second-order valence-electron chi connectivity index (χ2n) is 4.47. The fraction of sp³-hybridized carbons (Fsp3) is 0.250. The van der Waals surface area contributed by atoms with Crippen molar-refractivity contribution in [3.8, 4) is 5.75 Å². The lowest BCUT2D eigenvalue weighted by molar-refractivity contribution is 0.108. The van der Waals surface area contributed by atoms with Crippen molar-refractivity contribution in [2.45, 2.75) is 19.4 Å². The Kier molecular flexibility index (Phi) is 4.37. The Labute approximate surface area is 108 Å². The molecule has 0 bridgehead atoms. The Morgan fingerprint density at radius 3 is 2.56 bits per heavy atom. The molecule has 18 heavy (non-hydrogen) atoms. The quantitative estimate of drug-likeness (QED) is 0.873. The van der Waals surface area contributed by atoms with E-state index in [1.54, 1.807) is 0 Å². The Bertz CT molecular complexity index is 479. The van der Waals surface area contributed by atoms with Gasteiger partial charge in [-0.15, -0.1) is 0 Å². The lowest BCUT2D eigenvalue weighted by Crippen LogP contribution is -2.20. The number of rotatable bonds is 5. The van der Waals surface area contributed by atoms with Gasteiger partial charge in [-0.05, 0) is 24.6 Å². The number of aryl methyl sites for hydroxylation is 1. The number of aliphatic hydroxyl groups is 1. The van der Waals surface area contributed by atoms with E-state index in [-0.39, 0.29) is 0 Å². The van der Waals surface area contributed by atoms with Crippen molar-refractivity contribution < 1.29 is 9.84 Å². The van der Waals surface area contributed by atoms with E-state index in [0.717, 1.165) is 11.3 Å². The number of benzene rings is 2. The van der Waals surface area contributed by atoms with Crippen LogP contribution in [-0.4, -0.2) is 17.8 Å². The molecule has 1 unspecified atom stereocenters. The number of para-hydroxylation sites is 1. The molecule has 0 radical (unpaired) electrons. The molecule has 0 aliphatic carbocycles. The van der Waals surface area contributed by atoms with Crippen LogP contribution < -0.4 is 4.74 Å². The Morgan fingerprint density at radius 1 is 1.06 bits per heavy atom. The van der Waals surface area contributed by atoms with Crippen molar-refractivity contribution in [3.63, 3.8) is 0 Å². The van der Waals surface area contributed by atoms with Crippen LogP contribution in [0, 0.1) is 6.92 Å². The molecule has 2 heteroatoms. The van der Waals surface area contributed by atoms with E-state index in [1.807, 2.05) is 42.5 Å². The highest BCUT2D eigenvalue weighted by molar-refractivity contribution is 5.23. The van der Waals surface area contributed by atoms with Crippen molar-refractivity contribution in [3.05, 3.63) is 65.7 Å². The van der Waals surface area contributed by atoms with E-state index in [4.69, 9.17) is 4.74 Å². The molecular formula is C16H18O2. The van der Waals surface area contributed by atoms with Crippen LogP contribution in [0.2, 0.25) is 0 Å². The van der Waals surface area contributed by atoms with Gasteiger partial charge in [0.05, 0.1) is 6.10 Å². The Morgan fingerprint density at radius 2 is 1.83 bits per heavy atom. The zero-order valence-corrected chi connectivity index (χ0v) is 10.5. The molecule has 1 atom stereocenters. The molecule has 1 N–H and O–H groups in total. The fourth-order valence-corrected chi connectivity index (χ4v) is 1.88. The average Bonchev–Trinajstić information content (AvgIpc) is 2.38. The molecule has 0 aromatic heterocycles. The van der Waals surface area contributed by atoms with Crippen LogP contribution in [0.3, 0.4) is 0 Å². The van der Waals surface area contributed by atoms with Gasteiger partial charge in [-0.2, -0.15) is 0 Å². The third-order valence-electron chi connectivity index (χ3n) is 2.74. The summed E-state index contributed by atoms with van der Waals surface area (Å²) in [7, 11) is 0. The van der Waals surface area contributed by atoms with Crippen LogP contribution in [0.1, 0.15) is 11.1 Å². The zero-order chi connectivity index (χ0) is 12.8. The maximum absolute atomic E-state index is 9.93. The summed E-state index contributed by atoms with van der Waals surface area (Å²) in [5.74, 6) is 0.792. The summed E-state index contributed by atoms with van der Waals surface area (Å²) in [5.41, 5.74) is 2.35. The second-order valence-corrected chi connectivity index (χ2v) is 4.47. The molecule has 0 amide bonds. The maximum atomic E-state index is 9.93. The summed E-state index contributed by atoms with van der Waals surface area (Å²) in [6, 6.07) is 17.7. The minimum atomic E-state index is -0.480. The van der Waals surface area contributed by atoms with Gasteiger partial charge in [0.25, 0.3) is 0 Å². The van der Waals surface area contributed by atoms with Crippen LogP contribution >= 0.6 is 0 Å². The summed E-state index contributed by atoms with van der Waals surface area (Å²) in [4.78, 5) is 0. The van der Waals surface area contributed by atoms with E-state index in [1.165, 1.54) is 5.56 Å². The topological polar surface area (TPSA) is 29.5 Å². The lowest BCUT2D eigenvalue weighted by Gasteiger charge is -2.12. The summed E-state index contributed by atoms with van der Waals surface area (Å²) in [5, 5.41) is 9.93. The van der Waals surface area contributed by atoms with Crippen molar-refractivity contribution in [1.82, 2.24) is 0 Å². The van der Waals surface area contributed by atoms with Crippen LogP contribution in [-0.2, 0) is 6.42 Å². The molecule has 2 rings (SSSR count). The van der Waals surface area contributed by atoms with E-state index >= 15 is 0 Å². The predicted octanol–water partition coefficient (Wildman–Crippen LogP) is 2.98. The first-order chi connectivity index (χ1) is 8.74. The highest BCUT2D eigenvalue weighted by atomic mass is 16.5. The smallest absolute Gasteiger partial charge is 0.119 e. The van der Waals surface area contributed by atoms with Crippen LogP contribution in [0.25, 0.3) is 0 Å². The second kappa shape index (κ2) is 6.22. The molecule has 0 heterocycles. The van der Waals surface area contributed by atoms with E-state index < -0.39 is 6.10 Å². The van der Waals surface area contributed by atoms with Crippen LogP contribution in [0.5, 0.6) is 5.75 Å². The van der Waals surface area contributed by atoms with Gasteiger partial charge in [0.15, 0.2) is 0 Å². The molecule has 2 nitrogen and oxygen atoms in total. The maximum Gasteiger partial charge on any atom is 0.119 e. The molecule has 0 saturated carbocycles. The van der Waals surface area contributed by atoms with Crippen molar-refractivity contribution in [2.24, 2.45) is 0 Å². The van der Waals surface area contributed by atoms with E-state index in [9.17, 15) is 5.11 Å². The van der Waals surface area contributed by atoms with Crippen molar-refractivity contribution in [2.75, 3.05) is 6.61 Å². The van der Waals surface area contributed by atoms with Gasteiger partial charge in [-0.1, -0.05) is 48.0 Å². The van der Waals surface area contributed by atoms with E-state index in [2.05, 4.69) is 19.1 Å². The first kappa shape index (κ1) is 12.7. The van der Waals surface area contributed by atoms with Gasteiger partial charge in [0.1, 0.15) is 12.4 Å². The molecule has 0 saturated heterocycles. The lowest BCUT2D eigenvalue weighted by atomic mass is 10.1. The first-order valence-electron chi connectivity index (χ1n) is 6.15. The molecule has 2 aromatic carbocycles. The largest absolute Gasteiger partial charge is 0.491 e. The molecular weight excluding hydrogens is 224 g/mol. The SMILES string of the molecule is Cc1cccc(CC(O)COc2ccccc2)c1. The number of hydrogen-bond acceptors (Lipinski definition) is 2. The molecule has 0 aliphatic heterocycles. The van der Waals surface area contributed by atoms with Crippen molar-refractivity contribution in [1.29, 1.82) is 0 Å². The third kappa shape index (κ3) is 3.90. The molecule has 0 fully saturated rings. The first-order valence-corrected chi connectivity index (χ1v) is 6.15. The van der Waals surface area contributed by atoms with Crippen LogP contribution in [0.15, 0.2) is 54.6 Å². The highest BCUT2D eigenvalue weighted by Crippen LogP contribution is 2.11. The summed E-state index contributed by atoms with van der Waals surface area (Å²) in [6.07, 6.45) is 0.140. The summed E-state index contributed by atoms with van der Waals surface area (Å²) >= 11 is 0. The molecule has 2 aromatic rings. The minimum absolute atomic E-state index is 0.317. The Balaban J connectivity index is 1.84. The van der Waals surface area contributed by atoms with Gasteiger partial charge in [-0.3, -0.25) is 0 Å². The van der Waals surface area contributed by atoms with Gasteiger partial charge in [-0.25, -0.2) is 0 Å². The van der Waals surface area contributed by atoms with E-state index in [0.29, 0.717) is 13.0 Å². The molecule has 94 valence electrons. The minimum Gasteiger partial charge on any atom is -0.491 e. The number of aliphatic hydroxyl groups excluding tert-OH is 1. The fourth-order valence-electron chi connectivity index (χ4n) is 1.88.